The van der Waals surface area contributed by atoms with Gasteiger partial charge in [0.15, 0.2) is 0 Å². The number of piperidine rings is 1. The smallest absolute Gasteiger partial charge is 0.251 e. The molecule has 1 saturated heterocycles. The van der Waals surface area contributed by atoms with E-state index in [2.05, 4.69) is 17.4 Å². The Labute approximate surface area is 182 Å². The van der Waals surface area contributed by atoms with Crippen molar-refractivity contribution >= 4 is 35.0 Å². The molecule has 3 rings (SSSR count). The highest BCUT2D eigenvalue weighted by atomic mass is 35.5. The van der Waals surface area contributed by atoms with Crippen LogP contribution >= 0.6 is 23.2 Å². The molecule has 1 aliphatic heterocycles. The van der Waals surface area contributed by atoms with Crippen molar-refractivity contribution in [1.29, 1.82) is 0 Å². The van der Waals surface area contributed by atoms with Crippen LogP contribution in [0.2, 0.25) is 10.0 Å². The molecule has 1 N–H and O–H groups in total. The molecule has 1 heterocycles. The Morgan fingerprint density at radius 1 is 0.931 bits per heavy atom. The van der Waals surface area contributed by atoms with E-state index in [0.717, 1.165) is 17.9 Å². The lowest BCUT2D eigenvalue weighted by atomic mass is 9.89. The third kappa shape index (κ3) is 5.52. The van der Waals surface area contributed by atoms with Crippen molar-refractivity contribution in [2.45, 2.75) is 38.6 Å². The Kier molecular flexibility index (Phi) is 7.20. The highest BCUT2D eigenvalue weighted by molar-refractivity contribution is 6.30. The van der Waals surface area contributed by atoms with Crippen molar-refractivity contribution in [1.82, 2.24) is 10.2 Å². The van der Waals surface area contributed by atoms with Crippen LogP contribution in [0.25, 0.3) is 0 Å². The number of amides is 2. The fourth-order valence-electron chi connectivity index (χ4n) is 3.70. The van der Waals surface area contributed by atoms with Crippen LogP contribution < -0.4 is 5.32 Å². The Morgan fingerprint density at radius 3 is 1.97 bits per heavy atom. The summed E-state index contributed by atoms with van der Waals surface area (Å²) in [7, 11) is 0. The summed E-state index contributed by atoms with van der Waals surface area (Å²) < 4.78 is 0. The van der Waals surface area contributed by atoms with E-state index in [1.807, 2.05) is 30.9 Å². The van der Waals surface area contributed by atoms with Crippen LogP contribution in [-0.2, 0) is 4.79 Å². The largest absolute Gasteiger partial charge is 0.341 e. The van der Waals surface area contributed by atoms with E-state index in [1.54, 1.807) is 24.3 Å². The molecule has 1 atom stereocenters. The summed E-state index contributed by atoms with van der Waals surface area (Å²) in [6, 6.07) is 14.1. The number of carbonyl (C=O) groups is 2. The summed E-state index contributed by atoms with van der Waals surface area (Å²) in [5.41, 5.74) is 1.76. The Hall–Kier alpha value is -2.04. The van der Waals surface area contributed by atoms with Crippen molar-refractivity contribution in [2.24, 2.45) is 5.92 Å². The average Bonchev–Trinajstić information content (AvgIpc) is 2.72. The maximum Gasteiger partial charge on any atom is 0.251 e. The molecule has 29 heavy (non-hydrogen) atoms. The number of rotatable bonds is 5. The van der Waals surface area contributed by atoms with E-state index in [1.165, 1.54) is 5.56 Å². The number of halogens is 2. The predicted molar refractivity (Wildman–Crippen MR) is 118 cm³/mol. The number of hydrogen-bond donors (Lipinski definition) is 1. The third-order valence-electron chi connectivity index (χ3n) is 5.47. The highest BCUT2D eigenvalue weighted by Gasteiger charge is 2.31. The van der Waals surface area contributed by atoms with Crippen LogP contribution in [0.4, 0.5) is 0 Å². The van der Waals surface area contributed by atoms with Crippen LogP contribution in [0.15, 0.2) is 48.5 Å². The number of hydrogen-bond acceptors (Lipinski definition) is 2. The van der Waals surface area contributed by atoms with Gasteiger partial charge in [0.05, 0.1) is 0 Å². The molecule has 4 nitrogen and oxygen atoms in total. The molecule has 0 radical (unpaired) electrons. The third-order valence-corrected chi connectivity index (χ3v) is 5.98. The second-order valence-corrected chi connectivity index (χ2v) is 8.73. The van der Waals surface area contributed by atoms with Gasteiger partial charge in [0.2, 0.25) is 5.91 Å². The number of nitrogens with zero attached hydrogens (tertiary/aromatic N) is 1. The molecule has 2 aromatic rings. The maximum atomic E-state index is 13.1. The molecule has 1 aliphatic rings. The minimum Gasteiger partial charge on any atom is -0.341 e. The average molecular weight is 433 g/mol. The standard InChI is InChI=1S/C23H26Cl2N2O2/c1-15(2)21(26-22(28)18-5-9-20(25)10-6-18)23(29)27-13-11-17(12-14-27)16-3-7-19(24)8-4-16/h3-10,15,17,21H,11-14H2,1-2H3,(H,26,28)/t21-/m1/s1. The van der Waals surface area contributed by atoms with Crippen LogP contribution in [0.1, 0.15) is 48.5 Å². The topological polar surface area (TPSA) is 49.4 Å². The molecule has 154 valence electrons. The van der Waals surface area contributed by atoms with Gasteiger partial charge in [0, 0.05) is 28.7 Å². The molecule has 6 heteroatoms. The first-order valence-electron chi connectivity index (χ1n) is 9.96. The first-order chi connectivity index (χ1) is 13.8. The van der Waals surface area contributed by atoms with Gasteiger partial charge in [0.1, 0.15) is 6.04 Å². The molecule has 1 fully saturated rings. The molecule has 0 bridgehead atoms. The zero-order chi connectivity index (χ0) is 21.0. The fourth-order valence-corrected chi connectivity index (χ4v) is 3.96. The molecule has 0 unspecified atom stereocenters. The molecule has 2 amide bonds. The van der Waals surface area contributed by atoms with E-state index in [4.69, 9.17) is 23.2 Å². The normalized spacial score (nSPS) is 16.0. The van der Waals surface area contributed by atoms with E-state index in [9.17, 15) is 9.59 Å². The van der Waals surface area contributed by atoms with E-state index in [0.29, 0.717) is 29.6 Å². The van der Waals surface area contributed by atoms with Crippen molar-refractivity contribution < 1.29 is 9.59 Å². The fraction of sp³-hybridized carbons (Fsp3) is 0.391. The number of likely N-dealkylation sites (tertiary alicyclic amines) is 1. The number of nitrogens with one attached hydrogen (secondary N) is 1. The lowest BCUT2D eigenvalue weighted by molar-refractivity contribution is -0.135. The summed E-state index contributed by atoms with van der Waals surface area (Å²) in [6.07, 6.45) is 1.81. The second-order valence-electron chi connectivity index (χ2n) is 7.85. The van der Waals surface area contributed by atoms with Crippen LogP contribution in [0.5, 0.6) is 0 Å². The maximum absolute atomic E-state index is 13.1. The Bertz CT molecular complexity index is 842. The second kappa shape index (κ2) is 9.64. The summed E-state index contributed by atoms with van der Waals surface area (Å²) in [4.78, 5) is 27.6. The SMILES string of the molecule is CC(C)[C@@H](NC(=O)c1ccc(Cl)cc1)C(=O)N1CCC(c2ccc(Cl)cc2)CC1. The highest BCUT2D eigenvalue weighted by Crippen LogP contribution is 2.29. The van der Waals surface area contributed by atoms with Crippen LogP contribution in [0.3, 0.4) is 0 Å². The minimum atomic E-state index is -0.551. The Balaban J connectivity index is 1.61. The summed E-state index contributed by atoms with van der Waals surface area (Å²) >= 11 is 11.9. The van der Waals surface area contributed by atoms with Gasteiger partial charge in [0.25, 0.3) is 5.91 Å². The molecule has 0 aliphatic carbocycles. The summed E-state index contributed by atoms with van der Waals surface area (Å²) in [6.45, 7) is 5.27. The van der Waals surface area contributed by atoms with Crippen molar-refractivity contribution in [3.63, 3.8) is 0 Å². The van der Waals surface area contributed by atoms with Gasteiger partial charge >= 0.3 is 0 Å². The van der Waals surface area contributed by atoms with Gasteiger partial charge in [-0.25, -0.2) is 0 Å². The molecular formula is C23H26Cl2N2O2. The van der Waals surface area contributed by atoms with Crippen molar-refractivity contribution in [3.05, 3.63) is 69.7 Å². The lowest BCUT2D eigenvalue weighted by Crippen LogP contribution is -2.52. The van der Waals surface area contributed by atoms with Gasteiger partial charge in [-0.1, -0.05) is 49.2 Å². The van der Waals surface area contributed by atoms with E-state index < -0.39 is 6.04 Å². The first kappa shape index (κ1) is 21.7. The molecule has 0 saturated carbocycles. The van der Waals surface area contributed by atoms with Crippen molar-refractivity contribution in [2.75, 3.05) is 13.1 Å². The van der Waals surface area contributed by atoms with Gasteiger partial charge in [-0.3, -0.25) is 9.59 Å². The quantitative estimate of drug-likeness (QED) is 0.709. The minimum absolute atomic E-state index is 0.00672. The lowest BCUT2D eigenvalue weighted by Gasteiger charge is -2.35. The monoisotopic (exact) mass is 432 g/mol. The molecule has 2 aromatic carbocycles. The summed E-state index contributed by atoms with van der Waals surface area (Å²) in [5.74, 6) is 0.145. The number of carbonyl (C=O) groups excluding carboxylic acids is 2. The zero-order valence-electron chi connectivity index (χ0n) is 16.7. The predicted octanol–water partition coefficient (Wildman–Crippen LogP) is 5.15. The zero-order valence-corrected chi connectivity index (χ0v) is 18.2. The van der Waals surface area contributed by atoms with Gasteiger partial charge in [-0.05, 0) is 66.6 Å². The van der Waals surface area contributed by atoms with Gasteiger partial charge < -0.3 is 10.2 Å². The van der Waals surface area contributed by atoms with E-state index >= 15 is 0 Å². The first-order valence-corrected chi connectivity index (χ1v) is 10.7. The van der Waals surface area contributed by atoms with Gasteiger partial charge in [-0.15, -0.1) is 0 Å². The summed E-state index contributed by atoms with van der Waals surface area (Å²) in [5, 5.41) is 4.22. The number of benzene rings is 2. The molecular weight excluding hydrogens is 407 g/mol. The molecule has 0 aromatic heterocycles. The van der Waals surface area contributed by atoms with Crippen molar-refractivity contribution in [3.8, 4) is 0 Å². The Morgan fingerprint density at radius 2 is 1.45 bits per heavy atom. The molecule has 0 spiro atoms. The van der Waals surface area contributed by atoms with E-state index in [-0.39, 0.29) is 17.7 Å². The van der Waals surface area contributed by atoms with Crippen LogP contribution in [0, 0.1) is 5.92 Å². The van der Waals surface area contributed by atoms with Gasteiger partial charge in [-0.2, -0.15) is 0 Å². The van der Waals surface area contributed by atoms with Crippen LogP contribution in [-0.4, -0.2) is 35.8 Å².